The number of hydrogen-bond donors (Lipinski definition) is 6. The van der Waals surface area contributed by atoms with E-state index in [1.54, 1.807) is 47.7 Å². The first-order valence-electron chi connectivity index (χ1n) is 48.5. The van der Waals surface area contributed by atoms with E-state index in [2.05, 4.69) is 274 Å². The lowest BCUT2D eigenvalue weighted by molar-refractivity contribution is 0.153. The quantitative estimate of drug-likeness (QED) is 0.0208. The number of ether oxygens (including phenoxy) is 5. The third-order valence-electron chi connectivity index (χ3n) is 24.1. The minimum Gasteiger partial charge on any atom is -0.497 e. The van der Waals surface area contributed by atoms with Gasteiger partial charge in [-0.3, -0.25) is 30.2 Å². The zero-order chi connectivity index (χ0) is 96.8. The number of rotatable bonds is 46. The molecule has 726 valence electrons. The van der Waals surface area contributed by atoms with E-state index >= 15 is 0 Å². The Kier molecular flexibility index (Phi) is 45.8. The molecule has 14 rings (SSSR count). The summed E-state index contributed by atoms with van der Waals surface area (Å²) in [6, 6.07) is 54.4. The van der Waals surface area contributed by atoms with Crippen molar-refractivity contribution >= 4 is 21.5 Å². The Hall–Kier alpha value is -11.8. The molecule has 6 aromatic heterocycles. The van der Waals surface area contributed by atoms with Crippen LogP contribution in [0.1, 0.15) is 184 Å². The fraction of sp³-hybridized carbons (Fsp3) is 0.436. The summed E-state index contributed by atoms with van der Waals surface area (Å²) in [5, 5.41) is 56.6. The normalized spacial score (nSPS) is 11.5. The molecule has 0 aliphatic rings. The summed E-state index contributed by atoms with van der Waals surface area (Å²) < 4.78 is 42.4. The number of hydrogen-bond acceptors (Lipinski definition) is 18. The summed E-state index contributed by atoms with van der Waals surface area (Å²) in [5.41, 5.74) is 21.2. The van der Waals surface area contributed by atoms with Gasteiger partial charge in [0.1, 0.15) is 23.1 Å². The van der Waals surface area contributed by atoms with Crippen LogP contribution >= 0.6 is 0 Å². The first kappa shape index (κ1) is 107. The summed E-state index contributed by atoms with van der Waals surface area (Å²) >= 11 is 0. The summed E-state index contributed by atoms with van der Waals surface area (Å²) in [7, 11) is 21.2. The highest BCUT2D eigenvalue weighted by molar-refractivity contribution is 5.96. The van der Waals surface area contributed by atoms with Crippen molar-refractivity contribution in [2.75, 3.05) is 117 Å². The Labute approximate surface area is 803 Å². The minimum atomic E-state index is -0.297. The molecule has 1 unspecified atom stereocenters. The number of fused-ring (bicyclic) bond motifs is 2. The molecule has 0 amide bonds. The standard InChI is InChI=1S/C20H30FN3O.2C19H23N3.C18H27N3O.2C17H25N3O2/c1-4-6-12-23(3)14-17-15-24(13-11-19(25)5-2)22-20(17)16-7-9-18(21)10-8-16;1-3-4-12-22(2)14-16-13-20-21-19(16)18-11-7-9-15-8-5-6-10-17(15)18;1-3-4-11-22(2)14-18-13-20-21-19(18)17-10-9-15-7-5-6-8-16(15)12-17;1-5-7-10-21(3)13-15-12-19-20-18(15)17-9-8-16(22-4)11-14(17)6-2;1-5-6-10-20(2)12-13-11-18-19-17(13)16-14(21-3)8-7-9-15(16)22-4;1-5-6-10-20(2)12-13-11-18-19-16(13)14-8-7-9-15(21-3)17(14)22-4/h7-10,15,19,25H,4-6,11-14H2,1-3H3;5-11,13H,3-4,12,14H2,1-2H3,(H,20,21);5-10,12-13H,3-4,11,14H2,1-2H3,(H,20,21);8-9,11-12H,5-7,10,13H2,1-4H3,(H,19,20);2*7-9,11H,5-6,10,12H2,1-4H3,(H,18,19). The molecule has 0 saturated heterocycles. The fourth-order valence-corrected chi connectivity index (χ4v) is 16.3. The molecule has 0 radical (unpaired) electrons. The Balaban J connectivity index is 0.000000182. The molecular weight excluding hydrogens is 1690 g/mol. The van der Waals surface area contributed by atoms with Crippen molar-refractivity contribution in [2.24, 2.45) is 0 Å². The lowest BCUT2D eigenvalue weighted by Gasteiger charge is -2.17. The van der Waals surface area contributed by atoms with Crippen LogP contribution in [0.3, 0.4) is 0 Å². The molecule has 0 saturated carbocycles. The molecule has 24 nitrogen and oxygen atoms in total. The number of halogens is 1. The number of methoxy groups -OCH3 is 5. The summed E-state index contributed by atoms with van der Waals surface area (Å²) in [5.74, 6) is 3.67. The second-order valence-corrected chi connectivity index (χ2v) is 35.1. The molecule has 0 aliphatic carbocycles. The van der Waals surface area contributed by atoms with Crippen LogP contribution in [0.2, 0.25) is 0 Å². The van der Waals surface area contributed by atoms with E-state index in [0.29, 0.717) is 13.0 Å². The van der Waals surface area contributed by atoms with Crippen LogP contribution in [0.5, 0.6) is 28.7 Å². The number of unbranched alkanes of at least 4 members (excludes halogenated alkanes) is 6. The topological polar surface area (TPSA) is 247 Å². The van der Waals surface area contributed by atoms with E-state index in [0.717, 1.165) is 188 Å². The van der Waals surface area contributed by atoms with Crippen LogP contribution in [-0.2, 0) is 52.2 Å². The molecule has 1 atom stereocenters. The van der Waals surface area contributed by atoms with Gasteiger partial charge in [-0.05, 0) is 239 Å². The minimum absolute atomic E-state index is 0.240. The van der Waals surface area contributed by atoms with Crippen molar-refractivity contribution in [3.8, 4) is 96.3 Å². The van der Waals surface area contributed by atoms with Crippen LogP contribution in [0.25, 0.3) is 89.1 Å². The molecule has 25 heteroatoms. The van der Waals surface area contributed by atoms with E-state index in [1.165, 1.54) is 150 Å². The summed E-state index contributed by atoms with van der Waals surface area (Å²) in [6.07, 6.45) is 28.3. The Morgan fingerprint density at radius 2 is 0.763 bits per heavy atom. The number of aryl methyl sites for hydroxylation is 2. The predicted molar refractivity (Wildman–Crippen MR) is 553 cm³/mol. The first-order chi connectivity index (χ1) is 65.7. The number of aliphatic hydroxyl groups is 1. The highest BCUT2D eigenvalue weighted by Crippen LogP contribution is 2.41. The van der Waals surface area contributed by atoms with Gasteiger partial charge in [0.25, 0.3) is 0 Å². The highest BCUT2D eigenvalue weighted by atomic mass is 19.1. The molecule has 0 aliphatic heterocycles. The number of benzene rings is 8. The van der Waals surface area contributed by atoms with E-state index in [9.17, 15) is 9.50 Å². The lowest BCUT2D eigenvalue weighted by atomic mass is 9.99. The van der Waals surface area contributed by atoms with Crippen molar-refractivity contribution in [3.05, 3.63) is 246 Å². The maximum atomic E-state index is 13.2. The molecule has 0 spiro atoms. The number of aromatic nitrogens is 12. The van der Waals surface area contributed by atoms with Crippen LogP contribution in [0.4, 0.5) is 4.39 Å². The van der Waals surface area contributed by atoms with Gasteiger partial charge in [-0.1, -0.05) is 185 Å². The first-order valence-corrected chi connectivity index (χ1v) is 48.5. The number of aliphatic hydroxyl groups excluding tert-OH is 1. The number of para-hydroxylation sites is 1. The zero-order valence-corrected chi connectivity index (χ0v) is 84.1. The summed E-state index contributed by atoms with van der Waals surface area (Å²) in [4.78, 5) is 14.0. The molecular formula is C110H153FN18O6. The van der Waals surface area contributed by atoms with Crippen molar-refractivity contribution < 1.29 is 33.2 Å². The van der Waals surface area contributed by atoms with Gasteiger partial charge < -0.3 is 58.2 Å². The molecule has 8 aromatic carbocycles. The van der Waals surface area contributed by atoms with Crippen molar-refractivity contribution in [3.63, 3.8) is 0 Å². The van der Waals surface area contributed by atoms with Crippen molar-refractivity contribution in [2.45, 2.75) is 204 Å². The average molecular weight is 1840 g/mol. The lowest BCUT2D eigenvalue weighted by Crippen LogP contribution is -2.19. The van der Waals surface area contributed by atoms with E-state index in [1.807, 2.05) is 85.1 Å². The fourth-order valence-electron chi connectivity index (χ4n) is 16.3. The van der Waals surface area contributed by atoms with Crippen molar-refractivity contribution in [1.82, 2.24) is 90.2 Å². The van der Waals surface area contributed by atoms with Gasteiger partial charge in [-0.25, -0.2) is 4.39 Å². The molecule has 0 fully saturated rings. The van der Waals surface area contributed by atoms with Gasteiger partial charge >= 0.3 is 0 Å². The van der Waals surface area contributed by atoms with Gasteiger partial charge in [-0.15, -0.1) is 0 Å². The largest absolute Gasteiger partial charge is 0.497 e. The molecule has 6 N–H and O–H groups in total. The van der Waals surface area contributed by atoms with Gasteiger partial charge in [0, 0.05) is 113 Å². The summed E-state index contributed by atoms with van der Waals surface area (Å²) in [6.45, 7) is 29.9. The Bertz CT molecular complexity index is 5660. The molecule has 135 heavy (non-hydrogen) atoms. The van der Waals surface area contributed by atoms with Gasteiger partial charge in [-0.2, -0.15) is 30.6 Å². The Morgan fingerprint density at radius 3 is 1.24 bits per heavy atom. The zero-order valence-electron chi connectivity index (χ0n) is 84.1. The SMILES string of the molecule is CCCCN(C)Cc1cn(CCC(O)CC)nc1-c1ccc(F)cc1.CCCCN(C)Cc1cn[nH]c1-c1c(OC)cccc1OC.CCCCN(C)Cc1cn[nH]c1-c1ccc(OC)cc1CC.CCCCN(C)Cc1cn[nH]c1-c1ccc2ccccc2c1.CCCCN(C)Cc1cn[nH]c1-c1cccc(OC)c1OC.CCCCN(C)Cc1cn[nH]c1-c1cccc2ccccc12. The maximum absolute atomic E-state index is 13.2. The Morgan fingerprint density at radius 1 is 0.363 bits per heavy atom. The second-order valence-electron chi connectivity index (χ2n) is 35.1. The monoisotopic (exact) mass is 1840 g/mol. The van der Waals surface area contributed by atoms with E-state index < -0.39 is 0 Å². The van der Waals surface area contributed by atoms with Gasteiger partial charge in [0.05, 0.1) is 112 Å². The number of aromatic amines is 5. The number of H-pyrrole nitrogens is 5. The molecule has 0 bridgehead atoms. The number of nitrogens with one attached hydrogen (secondary N) is 5. The van der Waals surface area contributed by atoms with E-state index in [4.69, 9.17) is 28.8 Å². The van der Waals surface area contributed by atoms with Crippen LogP contribution in [-0.4, -0.2) is 218 Å². The average Bonchev–Trinajstić information content (AvgIpc) is 1.74. The van der Waals surface area contributed by atoms with Crippen LogP contribution < -0.4 is 23.7 Å². The highest BCUT2D eigenvalue weighted by Gasteiger charge is 2.23. The maximum Gasteiger partial charge on any atom is 0.170 e. The van der Waals surface area contributed by atoms with Crippen LogP contribution in [0.15, 0.2) is 201 Å². The third kappa shape index (κ3) is 32.5. The number of nitrogens with zero attached hydrogens (tertiary/aromatic N) is 13. The molecule has 14 aromatic rings. The van der Waals surface area contributed by atoms with Crippen molar-refractivity contribution in [1.29, 1.82) is 0 Å². The van der Waals surface area contributed by atoms with Gasteiger partial charge in [0.15, 0.2) is 11.5 Å². The third-order valence-corrected chi connectivity index (χ3v) is 24.1. The predicted octanol–water partition coefficient (Wildman–Crippen LogP) is 23.5. The van der Waals surface area contributed by atoms with Crippen LogP contribution in [0, 0.1) is 5.82 Å². The van der Waals surface area contributed by atoms with Gasteiger partial charge in [0.2, 0.25) is 0 Å². The van der Waals surface area contributed by atoms with E-state index in [-0.39, 0.29) is 11.9 Å². The molecule has 6 heterocycles. The smallest absolute Gasteiger partial charge is 0.170 e. The second kappa shape index (κ2) is 57.8.